The minimum atomic E-state index is -3.04. The summed E-state index contributed by atoms with van der Waals surface area (Å²) in [7, 11) is -3.04. The fourth-order valence-electron chi connectivity index (χ4n) is 2.30. The highest BCUT2D eigenvalue weighted by molar-refractivity contribution is 7.89. The largest absolute Gasteiger partial charge is 0.348 e. The van der Waals surface area contributed by atoms with Crippen LogP contribution in [0, 0.1) is 0 Å². The zero-order chi connectivity index (χ0) is 14.6. The van der Waals surface area contributed by atoms with E-state index >= 15 is 0 Å². The number of sulfone groups is 1. The van der Waals surface area contributed by atoms with Crippen LogP contribution in [0.3, 0.4) is 0 Å². The molecule has 2 N–H and O–H groups in total. The van der Waals surface area contributed by atoms with Gasteiger partial charge in [-0.2, -0.15) is 0 Å². The van der Waals surface area contributed by atoms with E-state index in [1.54, 1.807) is 24.3 Å². The third kappa shape index (κ3) is 4.61. The lowest BCUT2D eigenvalue weighted by molar-refractivity contribution is 0.0930. The van der Waals surface area contributed by atoms with E-state index in [4.69, 9.17) is 0 Å². The highest BCUT2D eigenvalue weighted by atomic mass is 32.2. The molecule has 0 bridgehead atoms. The number of rotatable bonds is 4. The van der Waals surface area contributed by atoms with Crippen LogP contribution in [0.1, 0.15) is 28.8 Å². The van der Waals surface area contributed by atoms with Crippen LogP contribution in [0.5, 0.6) is 0 Å². The van der Waals surface area contributed by atoms with Gasteiger partial charge in [-0.15, -0.1) is 0 Å². The zero-order valence-corrected chi connectivity index (χ0v) is 12.4. The minimum Gasteiger partial charge on any atom is -0.348 e. The van der Waals surface area contributed by atoms with Gasteiger partial charge in [0.1, 0.15) is 0 Å². The molecule has 0 spiro atoms. The van der Waals surface area contributed by atoms with Crippen molar-refractivity contribution in [3.8, 4) is 0 Å². The fraction of sp³-hybridized carbons (Fsp3) is 0.500. The molecule has 20 heavy (non-hydrogen) atoms. The van der Waals surface area contributed by atoms with E-state index in [1.165, 1.54) is 6.26 Å². The summed E-state index contributed by atoms with van der Waals surface area (Å²) in [5, 5.41) is 6.23. The Kier molecular flexibility index (Phi) is 4.77. The van der Waals surface area contributed by atoms with Gasteiger partial charge in [-0.25, -0.2) is 8.42 Å². The van der Waals surface area contributed by atoms with Gasteiger partial charge in [-0.05, 0) is 37.1 Å². The predicted octanol–water partition coefficient (Wildman–Crippen LogP) is 0.713. The van der Waals surface area contributed by atoms with E-state index in [0.717, 1.165) is 25.9 Å². The maximum atomic E-state index is 12.1. The molecule has 110 valence electrons. The van der Waals surface area contributed by atoms with Crippen molar-refractivity contribution in [3.63, 3.8) is 0 Å². The standard InChI is InChI=1S/C14H20N2O3S/c1-20(18,19)10-11-4-6-12(7-5-11)14(17)16-13-3-2-8-15-9-13/h4-7,13,15H,2-3,8-10H2,1H3,(H,16,17). The predicted molar refractivity (Wildman–Crippen MR) is 78.3 cm³/mol. The number of carbonyl (C=O) groups is 1. The molecule has 1 atom stereocenters. The van der Waals surface area contributed by atoms with Crippen LogP contribution in [-0.4, -0.2) is 39.7 Å². The maximum absolute atomic E-state index is 12.1. The Balaban J connectivity index is 1.96. The Hall–Kier alpha value is -1.40. The highest BCUT2D eigenvalue weighted by Gasteiger charge is 2.16. The topological polar surface area (TPSA) is 75.3 Å². The first-order valence-electron chi connectivity index (χ1n) is 6.72. The molecule has 2 rings (SSSR count). The Morgan fingerprint density at radius 2 is 2.05 bits per heavy atom. The molecular weight excluding hydrogens is 276 g/mol. The summed E-state index contributed by atoms with van der Waals surface area (Å²) in [6.07, 6.45) is 3.26. The number of hydrogen-bond acceptors (Lipinski definition) is 4. The van der Waals surface area contributed by atoms with Crippen molar-refractivity contribution in [2.75, 3.05) is 19.3 Å². The first-order valence-corrected chi connectivity index (χ1v) is 8.78. The number of nitrogens with one attached hydrogen (secondary N) is 2. The van der Waals surface area contributed by atoms with Gasteiger partial charge >= 0.3 is 0 Å². The van der Waals surface area contributed by atoms with E-state index in [2.05, 4.69) is 10.6 Å². The second-order valence-corrected chi connectivity index (χ2v) is 7.42. The third-order valence-electron chi connectivity index (χ3n) is 3.28. The van der Waals surface area contributed by atoms with Gasteiger partial charge in [0.25, 0.3) is 5.91 Å². The molecule has 0 aromatic heterocycles. The van der Waals surface area contributed by atoms with E-state index in [1.807, 2.05) is 0 Å². The van der Waals surface area contributed by atoms with Crippen LogP contribution in [0.25, 0.3) is 0 Å². The second-order valence-electron chi connectivity index (χ2n) is 5.28. The van der Waals surface area contributed by atoms with Crippen molar-refractivity contribution in [2.24, 2.45) is 0 Å². The van der Waals surface area contributed by atoms with Gasteiger partial charge in [0.05, 0.1) is 5.75 Å². The summed E-state index contributed by atoms with van der Waals surface area (Å²) in [4.78, 5) is 12.1. The number of hydrogen-bond donors (Lipinski definition) is 2. The van der Waals surface area contributed by atoms with Crippen LogP contribution in [-0.2, 0) is 15.6 Å². The molecular formula is C14H20N2O3S. The van der Waals surface area contributed by atoms with Gasteiger partial charge in [0.2, 0.25) is 0 Å². The van der Waals surface area contributed by atoms with E-state index < -0.39 is 9.84 Å². The smallest absolute Gasteiger partial charge is 0.251 e. The molecule has 1 aliphatic rings. The normalized spacial score (nSPS) is 19.6. The summed E-state index contributed by atoms with van der Waals surface area (Å²) in [6.45, 7) is 1.81. The Labute approximate surface area is 119 Å². The van der Waals surface area contributed by atoms with Crippen LogP contribution in [0.2, 0.25) is 0 Å². The van der Waals surface area contributed by atoms with Gasteiger partial charge in [-0.1, -0.05) is 12.1 Å². The summed E-state index contributed by atoms with van der Waals surface area (Å²) in [5.74, 6) is -0.105. The van der Waals surface area contributed by atoms with Crippen LogP contribution < -0.4 is 10.6 Å². The van der Waals surface area contributed by atoms with Crippen LogP contribution in [0.15, 0.2) is 24.3 Å². The molecule has 1 amide bonds. The Morgan fingerprint density at radius 1 is 1.35 bits per heavy atom. The molecule has 1 unspecified atom stereocenters. The van der Waals surface area contributed by atoms with E-state index in [9.17, 15) is 13.2 Å². The second kappa shape index (κ2) is 6.37. The molecule has 1 heterocycles. The average Bonchev–Trinajstić information content (AvgIpc) is 2.39. The lowest BCUT2D eigenvalue weighted by Gasteiger charge is -2.23. The van der Waals surface area contributed by atoms with Crippen molar-refractivity contribution in [2.45, 2.75) is 24.6 Å². The summed E-state index contributed by atoms with van der Waals surface area (Å²) < 4.78 is 22.4. The molecule has 1 fully saturated rings. The quantitative estimate of drug-likeness (QED) is 0.858. The lowest BCUT2D eigenvalue weighted by atomic mass is 10.1. The Bertz CT molecular complexity index is 561. The summed E-state index contributed by atoms with van der Waals surface area (Å²) in [6, 6.07) is 6.90. The maximum Gasteiger partial charge on any atom is 0.251 e. The van der Waals surface area contributed by atoms with Crippen molar-refractivity contribution >= 4 is 15.7 Å². The van der Waals surface area contributed by atoms with Crippen LogP contribution in [0.4, 0.5) is 0 Å². The highest BCUT2D eigenvalue weighted by Crippen LogP contribution is 2.09. The zero-order valence-electron chi connectivity index (χ0n) is 11.6. The summed E-state index contributed by atoms with van der Waals surface area (Å²) in [5.41, 5.74) is 1.26. The van der Waals surface area contributed by atoms with Gasteiger partial charge in [0.15, 0.2) is 9.84 Å². The molecule has 1 aliphatic heterocycles. The van der Waals surface area contributed by atoms with Crippen molar-refractivity contribution in [1.29, 1.82) is 0 Å². The fourth-order valence-corrected chi connectivity index (χ4v) is 3.10. The Morgan fingerprint density at radius 3 is 2.60 bits per heavy atom. The molecule has 1 aromatic carbocycles. The first kappa shape index (κ1) is 15.0. The first-order chi connectivity index (χ1) is 9.44. The van der Waals surface area contributed by atoms with Gasteiger partial charge in [-0.3, -0.25) is 4.79 Å². The average molecular weight is 296 g/mol. The molecule has 6 heteroatoms. The SMILES string of the molecule is CS(=O)(=O)Cc1ccc(C(=O)NC2CCCNC2)cc1. The third-order valence-corrected chi connectivity index (χ3v) is 4.13. The molecule has 1 aromatic rings. The monoisotopic (exact) mass is 296 g/mol. The van der Waals surface area contributed by atoms with Crippen LogP contribution >= 0.6 is 0 Å². The lowest BCUT2D eigenvalue weighted by Crippen LogP contribution is -2.45. The molecule has 0 aliphatic carbocycles. The van der Waals surface area contributed by atoms with Gasteiger partial charge in [0, 0.05) is 24.4 Å². The number of carbonyl (C=O) groups excluding carboxylic acids is 1. The number of amides is 1. The van der Waals surface area contributed by atoms with Gasteiger partial charge < -0.3 is 10.6 Å². The molecule has 5 nitrogen and oxygen atoms in total. The number of piperidine rings is 1. The summed E-state index contributed by atoms with van der Waals surface area (Å²) >= 11 is 0. The van der Waals surface area contributed by atoms with E-state index in [-0.39, 0.29) is 17.7 Å². The number of benzene rings is 1. The van der Waals surface area contributed by atoms with Crippen molar-refractivity contribution in [3.05, 3.63) is 35.4 Å². The molecule has 0 saturated carbocycles. The molecule has 1 saturated heterocycles. The molecule has 0 radical (unpaired) electrons. The van der Waals surface area contributed by atoms with Crippen molar-refractivity contribution in [1.82, 2.24) is 10.6 Å². The van der Waals surface area contributed by atoms with Crippen molar-refractivity contribution < 1.29 is 13.2 Å². The van der Waals surface area contributed by atoms with E-state index in [0.29, 0.717) is 11.1 Å². The minimum absolute atomic E-state index is 0.00143.